The second-order valence-corrected chi connectivity index (χ2v) is 5.03. The number of aliphatic hydroxyl groups excluding tert-OH is 1. The molecule has 0 spiro atoms. The Labute approximate surface area is 82.1 Å². The summed E-state index contributed by atoms with van der Waals surface area (Å²) in [6.45, 7) is -0.923. The van der Waals surface area contributed by atoms with Crippen LogP contribution in [0.1, 0.15) is 11.7 Å². The summed E-state index contributed by atoms with van der Waals surface area (Å²) < 4.78 is 34.3. The van der Waals surface area contributed by atoms with E-state index in [1.807, 2.05) is 0 Å². The van der Waals surface area contributed by atoms with Crippen molar-refractivity contribution >= 4 is 9.84 Å². The molecule has 0 bridgehead atoms. The van der Waals surface area contributed by atoms with E-state index in [-0.39, 0.29) is 10.5 Å². The van der Waals surface area contributed by atoms with Crippen LogP contribution in [0, 0.1) is 0 Å². The minimum Gasteiger partial charge on any atom is -0.386 e. The normalized spacial score (nSPS) is 13.9. The Morgan fingerprint density at radius 2 is 2.14 bits per heavy atom. The lowest BCUT2D eigenvalue weighted by atomic mass is 10.1. The number of sulfone groups is 1. The molecule has 14 heavy (non-hydrogen) atoms. The Bertz CT molecular complexity index is 414. The Balaban J connectivity index is 3.14. The van der Waals surface area contributed by atoms with Crippen molar-refractivity contribution < 1.29 is 17.9 Å². The zero-order chi connectivity index (χ0) is 10.8. The summed E-state index contributed by atoms with van der Waals surface area (Å²) in [7, 11) is -3.30. The van der Waals surface area contributed by atoms with Gasteiger partial charge in [0, 0.05) is 6.26 Å². The lowest BCUT2D eigenvalue weighted by molar-refractivity contribution is 0.141. The number of rotatable bonds is 3. The highest BCUT2D eigenvalue weighted by molar-refractivity contribution is 7.90. The topological polar surface area (TPSA) is 54.4 Å². The molecule has 1 N–H and O–H groups in total. The van der Waals surface area contributed by atoms with Gasteiger partial charge in [-0.05, 0) is 17.7 Å². The van der Waals surface area contributed by atoms with E-state index in [1.54, 1.807) is 0 Å². The molecule has 0 saturated carbocycles. The molecule has 0 aliphatic rings. The number of halogens is 1. The highest BCUT2D eigenvalue weighted by Gasteiger charge is 2.11. The zero-order valence-electron chi connectivity index (χ0n) is 7.64. The van der Waals surface area contributed by atoms with Gasteiger partial charge in [0.25, 0.3) is 0 Å². The SMILES string of the molecule is CS(=O)(=O)c1cccc(C(O)CF)c1. The molecule has 1 unspecified atom stereocenters. The maximum absolute atomic E-state index is 12.1. The van der Waals surface area contributed by atoms with Crippen molar-refractivity contribution in [3.8, 4) is 0 Å². The van der Waals surface area contributed by atoms with E-state index >= 15 is 0 Å². The largest absolute Gasteiger partial charge is 0.386 e. The van der Waals surface area contributed by atoms with E-state index in [0.717, 1.165) is 6.26 Å². The maximum Gasteiger partial charge on any atom is 0.175 e. The number of alkyl halides is 1. The van der Waals surface area contributed by atoms with Gasteiger partial charge in [0.15, 0.2) is 9.84 Å². The molecule has 0 saturated heterocycles. The van der Waals surface area contributed by atoms with Gasteiger partial charge in [-0.3, -0.25) is 0 Å². The molecule has 0 aromatic heterocycles. The fourth-order valence-corrected chi connectivity index (χ4v) is 1.72. The molecule has 1 aromatic carbocycles. The molecule has 0 fully saturated rings. The van der Waals surface area contributed by atoms with Gasteiger partial charge >= 0.3 is 0 Å². The van der Waals surface area contributed by atoms with Crippen molar-refractivity contribution in [3.63, 3.8) is 0 Å². The Hall–Kier alpha value is -0.940. The maximum atomic E-state index is 12.1. The van der Waals surface area contributed by atoms with Gasteiger partial charge in [-0.1, -0.05) is 12.1 Å². The number of benzene rings is 1. The van der Waals surface area contributed by atoms with E-state index < -0.39 is 22.6 Å². The summed E-state index contributed by atoms with van der Waals surface area (Å²) in [4.78, 5) is 0.0856. The molecule has 0 amide bonds. The van der Waals surface area contributed by atoms with Gasteiger partial charge < -0.3 is 5.11 Å². The second-order valence-electron chi connectivity index (χ2n) is 3.01. The fraction of sp³-hybridized carbons (Fsp3) is 0.333. The molecule has 1 aromatic rings. The summed E-state index contributed by atoms with van der Waals surface area (Å²) in [6, 6.07) is 5.65. The smallest absolute Gasteiger partial charge is 0.175 e. The third kappa shape index (κ3) is 2.52. The van der Waals surface area contributed by atoms with Crippen LogP contribution in [0.5, 0.6) is 0 Å². The van der Waals surface area contributed by atoms with Gasteiger partial charge in [0.2, 0.25) is 0 Å². The number of hydrogen-bond donors (Lipinski definition) is 1. The van der Waals surface area contributed by atoms with Crippen LogP contribution in [-0.4, -0.2) is 26.5 Å². The minimum atomic E-state index is -3.30. The summed E-state index contributed by atoms with van der Waals surface area (Å²) >= 11 is 0. The Morgan fingerprint density at radius 1 is 1.50 bits per heavy atom. The highest BCUT2D eigenvalue weighted by Crippen LogP contribution is 2.17. The zero-order valence-corrected chi connectivity index (χ0v) is 8.46. The van der Waals surface area contributed by atoms with E-state index in [2.05, 4.69) is 0 Å². The molecule has 0 heterocycles. The lowest BCUT2D eigenvalue weighted by Gasteiger charge is -2.07. The van der Waals surface area contributed by atoms with Gasteiger partial charge in [0.05, 0.1) is 4.90 Å². The fourth-order valence-electron chi connectivity index (χ4n) is 1.04. The van der Waals surface area contributed by atoms with Crippen LogP contribution in [-0.2, 0) is 9.84 Å². The quantitative estimate of drug-likeness (QED) is 0.826. The molecule has 0 radical (unpaired) electrons. The van der Waals surface area contributed by atoms with Crippen LogP contribution >= 0.6 is 0 Å². The van der Waals surface area contributed by atoms with Crippen LogP contribution in [0.25, 0.3) is 0 Å². The Morgan fingerprint density at radius 3 is 2.64 bits per heavy atom. The molecule has 1 rings (SSSR count). The summed E-state index contributed by atoms with van der Waals surface area (Å²) in [6.07, 6.45) is -0.190. The first-order valence-electron chi connectivity index (χ1n) is 3.99. The van der Waals surface area contributed by atoms with Crippen molar-refractivity contribution in [2.24, 2.45) is 0 Å². The molecule has 0 aliphatic carbocycles. The van der Waals surface area contributed by atoms with Gasteiger partial charge in [0.1, 0.15) is 12.8 Å². The first-order valence-corrected chi connectivity index (χ1v) is 5.88. The molecule has 5 heteroatoms. The van der Waals surface area contributed by atoms with Crippen molar-refractivity contribution in [2.75, 3.05) is 12.9 Å². The van der Waals surface area contributed by atoms with Crippen molar-refractivity contribution in [1.82, 2.24) is 0 Å². The Kier molecular flexibility index (Phi) is 3.23. The highest BCUT2D eigenvalue weighted by atomic mass is 32.2. The second kappa shape index (κ2) is 4.06. The first-order chi connectivity index (χ1) is 6.45. The van der Waals surface area contributed by atoms with Gasteiger partial charge in [-0.15, -0.1) is 0 Å². The van der Waals surface area contributed by atoms with E-state index in [0.29, 0.717) is 0 Å². The number of hydrogen-bond acceptors (Lipinski definition) is 3. The minimum absolute atomic E-state index is 0.0856. The molecular formula is C9H11FO3S. The van der Waals surface area contributed by atoms with Crippen molar-refractivity contribution in [3.05, 3.63) is 29.8 Å². The van der Waals surface area contributed by atoms with Gasteiger partial charge in [-0.25, -0.2) is 12.8 Å². The third-order valence-electron chi connectivity index (χ3n) is 1.82. The lowest BCUT2D eigenvalue weighted by Crippen LogP contribution is -2.02. The van der Waals surface area contributed by atoms with Crippen LogP contribution < -0.4 is 0 Å². The number of aliphatic hydroxyl groups is 1. The van der Waals surface area contributed by atoms with Crippen molar-refractivity contribution in [1.29, 1.82) is 0 Å². The summed E-state index contributed by atoms with van der Waals surface area (Å²) in [5.41, 5.74) is 0.274. The van der Waals surface area contributed by atoms with Crippen LogP contribution in [0.4, 0.5) is 4.39 Å². The van der Waals surface area contributed by atoms with E-state index in [4.69, 9.17) is 5.11 Å². The van der Waals surface area contributed by atoms with E-state index in [9.17, 15) is 12.8 Å². The van der Waals surface area contributed by atoms with Crippen LogP contribution in [0.3, 0.4) is 0 Å². The first kappa shape index (κ1) is 11.1. The third-order valence-corrected chi connectivity index (χ3v) is 2.93. The monoisotopic (exact) mass is 218 g/mol. The average molecular weight is 218 g/mol. The standard InChI is InChI=1S/C9H11FO3S/c1-14(12,13)8-4-2-3-7(5-8)9(11)6-10/h2-5,9,11H,6H2,1H3. The van der Waals surface area contributed by atoms with Crippen molar-refractivity contribution in [2.45, 2.75) is 11.0 Å². The molecule has 3 nitrogen and oxygen atoms in total. The average Bonchev–Trinajstić information content (AvgIpc) is 2.15. The molecule has 1 atom stereocenters. The summed E-state index contributed by atoms with van der Waals surface area (Å²) in [5, 5.41) is 9.15. The molecular weight excluding hydrogens is 207 g/mol. The predicted octanol–water partition coefficient (Wildman–Crippen LogP) is 1.09. The van der Waals surface area contributed by atoms with Gasteiger partial charge in [-0.2, -0.15) is 0 Å². The molecule has 78 valence electrons. The van der Waals surface area contributed by atoms with E-state index in [1.165, 1.54) is 24.3 Å². The van der Waals surface area contributed by atoms with Crippen LogP contribution in [0.15, 0.2) is 29.2 Å². The predicted molar refractivity (Wildman–Crippen MR) is 50.5 cm³/mol. The molecule has 0 aliphatic heterocycles. The summed E-state index contributed by atoms with van der Waals surface area (Å²) in [5.74, 6) is 0. The van der Waals surface area contributed by atoms with Crippen LogP contribution in [0.2, 0.25) is 0 Å².